The van der Waals surface area contributed by atoms with Crippen LogP contribution in [0.3, 0.4) is 0 Å². The lowest BCUT2D eigenvalue weighted by Crippen LogP contribution is -2.51. The van der Waals surface area contributed by atoms with Crippen LogP contribution in [0.5, 0.6) is 0 Å². The van der Waals surface area contributed by atoms with Gasteiger partial charge >= 0.3 is 0 Å². The first kappa shape index (κ1) is 26.5. The van der Waals surface area contributed by atoms with Gasteiger partial charge in [0.1, 0.15) is 10.7 Å². The summed E-state index contributed by atoms with van der Waals surface area (Å²) in [5.41, 5.74) is 1.31. The molecule has 2 aromatic rings. The number of halogens is 2. The standard InChI is InChI=1S/C23H31FN4O2S.HI/c1-18-16-20(12-14-28(18)17-19-8-4-3-5-9-19)27-23(25-2)26-13-15-31(29,30)22-11-7-6-10-21(22)24;/h3-11,18,20H,12-17H2,1-2H3,(H2,25,26,27);1H. The number of piperidine rings is 1. The fraction of sp³-hybridized carbons (Fsp3) is 0.435. The van der Waals surface area contributed by atoms with Crippen LogP contribution in [0.1, 0.15) is 25.3 Å². The van der Waals surface area contributed by atoms with Crippen molar-refractivity contribution in [2.75, 3.05) is 25.9 Å². The average Bonchev–Trinajstić information content (AvgIpc) is 2.75. The molecule has 1 aliphatic heterocycles. The van der Waals surface area contributed by atoms with Crippen LogP contribution in [0.25, 0.3) is 0 Å². The quantitative estimate of drug-likeness (QED) is 0.301. The largest absolute Gasteiger partial charge is 0.355 e. The SMILES string of the molecule is CN=C(NCCS(=O)(=O)c1ccccc1F)NC1CCN(Cc2ccccc2)C(C)C1.I. The minimum atomic E-state index is -3.70. The molecule has 1 heterocycles. The van der Waals surface area contributed by atoms with E-state index in [4.69, 9.17) is 0 Å². The van der Waals surface area contributed by atoms with Gasteiger partial charge in [-0.2, -0.15) is 0 Å². The van der Waals surface area contributed by atoms with Gasteiger partial charge in [-0.05, 0) is 37.5 Å². The lowest BCUT2D eigenvalue weighted by Gasteiger charge is -2.38. The Balaban J connectivity index is 0.00000363. The Labute approximate surface area is 207 Å². The number of likely N-dealkylation sites (tertiary alicyclic amines) is 1. The molecule has 1 aliphatic rings. The molecule has 1 fully saturated rings. The molecular weight excluding hydrogens is 542 g/mol. The third-order valence-corrected chi connectivity index (χ3v) is 7.38. The van der Waals surface area contributed by atoms with Crippen molar-refractivity contribution < 1.29 is 12.8 Å². The van der Waals surface area contributed by atoms with E-state index >= 15 is 0 Å². The predicted molar refractivity (Wildman–Crippen MR) is 138 cm³/mol. The number of nitrogens with zero attached hydrogens (tertiary/aromatic N) is 2. The molecule has 176 valence electrons. The fourth-order valence-corrected chi connectivity index (χ4v) is 5.15. The van der Waals surface area contributed by atoms with Crippen molar-refractivity contribution >= 4 is 39.8 Å². The molecule has 0 radical (unpaired) electrons. The second-order valence-electron chi connectivity index (χ2n) is 7.92. The molecule has 0 aromatic heterocycles. The Morgan fingerprint density at radius 1 is 1.16 bits per heavy atom. The summed E-state index contributed by atoms with van der Waals surface area (Å²) >= 11 is 0. The number of aliphatic imine (C=N–C) groups is 1. The number of sulfone groups is 1. The van der Waals surface area contributed by atoms with Gasteiger partial charge in [0.05, 0.1) is 5.75 Å². The van der Waals surface area contributed by atoms with Crippen LogP contribution < -0.4 is 10.6 Å². The van der Waals surface area contributed by atoms with E-state index in [2.05, 4.69) is 51.7 Å². The third kappa shape index (κ3) is 7.41. The number of rotatable bonds is 7. The molecule has 1 saturated heterocycles. The maximum absolute atomic E-state index is 13.8. The zero-order valence-electron chi connectivity index (χ0n) is 18.5. The Morgan fingerprint density at radius 2 is 1.84 bits per heavy atom. The predicted octanol–water partition coefficient (Wildman–Crippen LogP) is 3.44. The highest BCUT2D eigenvalue weighted by atomic mass is 127. The van der Waals surface area contributed by atoms with Crippen LogP contribution in [0.2, 0.25) is 0 Å². The van der Waals surface area contributed by atoms with Gasteiger partial charge in [-0.25, -0.2) is 12.8 Å². The molecule has 3 rings (SSSR count). The molecule has 0 amide bonds. The summed E-state index contributed by atoms with van der Waals surface area (Å²) < 4.78 is 38.6. The number of benzene rings is 2. The van der Waals surface area contributed by atoms with Gasteiger partial charge in [0.25, 0.3) is 0 Å². The molecule has 9 heteroatoms. The van der Waals surface area contributed by atoms with Gasteiger partial charge in [0.2, 0.25) is 0 Å². The van der Waals surface area contributed by atoms with Crippen molar-refractivity contribution in [2.45, 2.75) is 43.3 Å². The van der Waals surface area contributed by atoms with Crippen molar-refractivity contribution in [2.24, 2.45) is 4.99 Å². The lowest BCUT2D eigenvalue weighted by molar-refractivity contribution is 0.134. The van der Waals surface area contributed by atoms with Crippen LogP contribution in [0.15, 0.2) is 64.5 Å². The maximum Gasteiger partial charge on any atom is 0.191 e. The fourth-order valence-electron chi connectivity index (χ4n) is 3.90. The monoisotopic (exact) mass is 574 g/mol. The first-order valence-electron chi connectivity index (χ1n) is 10.6. The van der Waals surface area contributed by atoms with E-state index in [0.29, 0.717) is 12.0 Å². The van der Waals surface area contributed by atoms with Crippen molar-refractivity contribution in [3.8, 4) is 0 Å². The molecule has 6 nitrogen and oxygen atoms in total. The van der Waals surface area contributed by atoms with E-state index in [1.54, 1.807) is 7.05 Å². The number of guanidine groups is 1. The van der Waals surface area contributed by atoms with Crippen LogP contribution in [0.4, 0.5) is 4.39 Å². The van der Waals surface area contributed by atoms with Crippen LogP contribution >= 0.6 is 24.0 Å². The van der Waals surface area contributed by atoms with Crippen LogP contribution in [-0.4, -0.2) is 57.3 Å². The first-order chi connectivity index (χ1) is 14.9. The van der Waals surface area contributed by atoms with Gasteiger partial charge in [-0.15, -0.1) is 24.0 Å². The molecule has 32 heavy (non-hydrogen) atoms. The molecule has 0 aliphatic carbocycles. The highest BCUT2D eigenvalue weighted by Gasteiger charge is 2.26. The molecule has 2 atom stereocenters. The number of hydrogen-bond donors (Lipinski definition) is 2. The Hall–Kier alpha value is -1.72. The Bertz CT molecular complexity index is 989. The van der Waals surface area contributed by atoms with Crippen molar-refractivity contribution in [1.82, 2.24) is 15.5 Å². The summed E-state index contributed by atoms with van der Waals surface area (Å²) in [4.78, 5) is 6.43. The molecule has 0 saturated carbocycles. The Morgan fingerprint density at radius 3 is 2.50 bits per heavy atom. The molecule has 2 N–H and O–H groups in total. The van der Waals surface area contributed by atoms with Gasteiger partial charge in [-0.1, -0.05) is 42.5 Å². The van der Waals surface area contributed by atoms with Gasteiger partial charge in [0, 0.05) is 38.8 Å². The normalized spacial score (nSPS) is 19.8. The van der Waals surface area contributed by atoms with E-state index < -0.39 is 15.7 Å². The first-order valence-corrected chi connectivity index (χ1v) is 12.3. The summed E-state index contributed by atoms with van der Waals surface area (Å²) in [5, 5.41) is 6.45. The zero-order chi connectivity index (χ0) is 22.3. The summed E-state index contributed by atoms with van der Waals surface area (Å²) in [6, 6.07) is 16.6. The van der Waals surface area contributed by atoms with Gasteiger partial charge < -0.3 is 10.6 Å². The summed E-state index contributed by atoms with van der Waals surface area (Å²) in [5.74, 6) is -0.362. The van der Waals surface area contributed by atoms with E-state index in [1.165, 1.54) is 23.8 Å². The minimum absolute atomic E-state index is 0. The van der Waals surface area contributed by atoms with E-state index in [1.807, 2.05) is 6.07 Å². The topological polar surface area (TPSA) is 73.8 Å². The zero-order valence-corrected chi connectivity index (χ0v) is 21.6. The van der Waals surface area contributed by atoms with Crippen molar-refractivity contribution in [3.63, 3.8) is 0 Å². The lowest BCUT2D eigenvalue weighted by atomic mass is 9.97. The Kier molecular flexibility index (Phi) is 10.4. The number of nitrogens with one attached hydrogen (secondary N) is 2. The average molecular weight is 575 g/mol. The summed E-state index contributed by atoms with van der Waals surface area (Å²) in [6.45, 7) is 4.30. The van der Waals surface area contributed by atoms with Crippen molar-refractivity contribution in [3.05, 3.63) is 66.0 Å². The molecule has 2 aromatic carbocycles. The second kappa shape index (κ2) is 12.5. The molecule has 0 bridgehead atoms. The smallest absolute Gasteiger partial charge is 0.191 e. The third-order valence-electron chi connectivity index (χ3n) is 5.64. The molecule has 0 spiro atoms. The maximum atomic E-state index is 13.8. The highest BCUT2D eigenvalue weighted by Crippen LogP contribution is 2.20. The van der Waals surface area contributed by atoms with Gasteiger partial charge in [-0.3, -0.25) is 9.89 Å². The van der Waals surface area contributed by atoms with Crippen molar-refractivity contribution in [1.29, 1.82) is 0 Å². The highest BCUT2D eigenvalue weighted by molar-refractivity contribution is 14.0. The minimum Gasteiger partial charge on any atom is -0.355 e. The number of hydrogen-bond acceptors (Lipinski definition) is 4. The van der Waals surface area contributed by atoms with Crippen LogP contribution in [-0.2, 0) is 16.4 Å². The molecular formula is C23H32FIN4O2S. The van der Waals surface area contributed by atoms with E-state index in [-0.39, 0.29) is 47.2 Å². The second-order valence-corrected chi connectivity index (χ2v) is 10.00. The van der Waals surface area contributed by atoms with E-state index in [0.717, 1.165) is 32.0 Å². The summed E-state index contributed by atoms with van der Waals surface area (Å²) in [7, 11) is -2.04. The van der Waals surface area contributed by atoms with Crippen LogP contribution in [0, 0.1) is 5.82 Å². The van der Waals surface area contributed by atoms with E-state index in [9.17, 15) is 12.8 Å². The summed E-state index contributed by atoms with van der Waals surface area (Å²) in [6.07, 6.45) is 1.95. The molecule has 2 unspecified atom stereocenters. The van der Waals surface area contributed by atoms with Gasteiger partial charge in [0.15, 0.2) is 15.8 Å².